The molecule has 3 rings (SSSR count). The Kier molecular flexibility index (Phi) is 7.82. The Morgan fingerprint density at radius 2 is 1.97 bits per heavy atom. The molecule has 0 bridgehead atoms. The lowest BCUT2D eigenvalue weighted by Crippen LogP contribution is -2.54. The van der Waals surface area contributed by atoms with Crippen LogP contribution in [0.25, 0.3) is 0 Å². The minimum atomic E-state index is -4.90. The summed E-state index contributed by atoms with van der Waals surface area (Å²) in [4.78, 5) is 35.5. The first kappa shape index (κ1) is 27.3. The lowest BCUT2D eigenvalue weighted by molar-refractivity contribution is -0.274. The Balaban J connectivity index is 1.84. The summed E-state index contributed by atoms with van der Waals surface area (Å²) in [5, 5.41) is 18.8. The number of alkyl halides is 3. The van der Waals surface area contributed by atoms with E-state index in [9.17, 15) is 32.8 Å². The molecule has 1 saturated carbocycles. The highest BCUT2D eigenvalue weighted by molar-refractivity contribution is 9.10. The first-order valence-corrected chi connectivity index (χ1v) is 11.7. The van der Waals surface area contributed by atoms with Crippen LogP contribution in [-0.2, 0) is 14.3 Å². The number of carbonyl (C=O) groups excluding carboxylic acids is 3. The van der Waals surface area contributed by atoms with Gasteiger partial charge in [0, 0.05) is 23.1 Å². The van der Waals surface area contributed by atoms with Gasteiger partial charge in [-0.15, -0.1) is 13.2 Å². The van der Waals surface area contributed by atoms with Gasteiger partial charge in [0.2, 0.25) is 0 Å². The van der Waals surface area contributed by atoms with Gasteiger partial charge in [0.15, 0.2) is 5.60 Å². The number of hydrazone groups is 1. The molecule has 36 heavy (non-hydrogen) atoms. The Labute approximate surface area is 212 Å². The zero-order valence-electron chi connectivity index (χ0n) is 19.3. The van der Waals surface area contributed by atoms with Crippen LogP contribution in [0.3, 0.4) is 0 Å². The van der Waals surface area contributed by atoms with Crippen LogP contribution in [-0.4, -0.2) is 48.7 Å². The molecule has 0 radical (unpaired) electrons. The third-order valence-corrected chi connectivity index (χ3v) is 6.86. The fourth-order valence-electron chi connectivity index (χ4n) is 4.51. The second-order valence-corrected chi connectivity index (χ2v) is 9.55. The Morgan fingerprint density at radius 3 is 2.56 bits per heavy atom. The van der Waals surface area contributed by atoms with Gasteiger partial charge in [-0.05, 0) is 57.2 Å². The molecule has 1 atom stereocenters. The number of nitrogens with zero attached hydrogens (tertiary/aromatic N) is 2. The van der Waals surface area contributed by atoms with Gasteiger partial charge in [-0.1, -0.05) is 15.9 Å². The third-order valence-electron chi connectivity index (χ3n) is 6.16. The number of hydrogen-bond donors (Lipinski definition) is 3. The molecule has 1 spiro atoms. The van der Waals surface area contributed by atoms with Crippen LogP contribution in [0.15, 0.2) is 27.8 Å². The van der Waals surface area contributed by atoms with Gasteiger partial charge in [0.05, 0.1) is 11.5 Å². The van der Waals surface area contributed by atoms with Gasteiger partial charge in [0.25, 0.3) is 0 Å². The quantitative estimate of drug-likeness (QED) is 0.461. The second kappa shape index (κ2) is 10.3. The predicted molar refractivity (Wildman–Crippen MR) is 123 cm³/mol. The number of likely N-dealkylation sites (N-methyl/N-ethyl adjacent to an activating group) is 1. The van der Waals surface area contributed by atoms with Gasteiger partial charge in [-0.2, -0.15) is 10.4 Å². The van der Waals surface area contributed by atoms with Crippen molar-refractivity contribution in [3.05, 3.63) is 28.2 Å². The minimum Gasteiger partial charge on any atom is -0.435 e. The van der Waals surface area contributed by atoms with E-state index < -0.39 is 47.1 Å². The zero-order chi connectivity index (χ0) is 26.7. The van der Waals surface area contributed by atoms with Crippen LogP contribution in [0.1, 0.15) is 44.6 Å². The maximum absolute atomic E-state index is 12.8. The van der Waals surface area contributed by atoms with E-state index in [-0.39, 0.29) is 43.4 Å². The molecule has 3 N–H and O–H groups in total. The molecular weight excluding hydrogens is 551 g/mol. The average molecular weight is 574 g/mol. The van der Waals surface area contributed by atoms with Crippen molar-refractivity contribution in [3.63, 3.8) is 0 Å². The molecule has 14 heteroatoms. The lowest BCUT2D eigenvalue weighted by atomic mass is 9.65. The Morgan fingerprint density at radius 1 is 1.31 bits per heavy atom. The zero-order valence-corrected chi connectivity index (χ0v) is 20.9. The van der Waals surface area contributed by atoms with E-state index in [4.69, 9.17) is 4.74 Å². The van der Waals surface area contributed by atoms with Crippen molar-refractivity contribution in [1.82, 2.24) is 16.1 Å². The van der Waals surface area contributed by atoms with Crippen molar-refractivity contribution in [2.45, 2.75) is 57.0 Å². The molecule has 2 aliphatic rings. The monoisotopic (exact) mass is 573 g/mol. The highest BCUT2D eigenvalue weighted by Crippen LogP contribution is 2.48. The first-order chi connectivity index (χ1) is 16.8. The van der Waals surface area contributed by atoms with Gasteiger partial charge >= 0.3 is 24.3 Å². The number of nitrogens with one attached hydrogen (secondary N) is 3. The number of nitriles is 1. The fraction of sp³-hybridized carbons (Fsp3) is 0.500. The number of carbonyl (C=O) groups is 3. The topological polar surface area (TPSA) is 142 Å². The summed E-state index contributed by atoms with van der Waals surface area (Å²) in [6.07, 6.45) is -4.70. The van der Waals surface area contributed by atoms with Gasteiger partial charge < -0.3 is 20.1 Å². The van der Waals surface area contributed by atoms with Crippen molar-refractivity contribution in [1.29, 1.82) is 5.26 Å². The summed E-state index contributed by atoms with van der Waals surface area (Å²) in [7, 11) is 1.33. The Hall–Kier alpha value is -3.34. The molecule has 1 heterocycles. The van der Waals surface area contributed by atoms with E-state index in [1.807, 2.05) is 0 Å². The van der Waals surface area contributed by atoms with Crippen LogP contribution < -0.4 is 20.8 Å². The molecule has 1 aromatic rings. The molecule has 194 valence electrons. The highest BCUT2D eigenvalue weighted by atomic mass is 79.9. The van der Waals surface area contributed by atoms with Crippen LogP contribution >= 0.6 is 15.9 Å². The van der Waals surface area contributed by atoms with Crippen molar-refractivity contribution in [2.24, 2.45) is 10.5 Å². The third kappa shape index (κ3) is 6.07. The lowest BCUT2D eigenvalue weighted by Gasteiger charge is -2.45. The predicted octanol–water partition coefficient (Wildman–Crippen LogP) is 3.26. The summed E-state index contributed by atoms with van der Waals surface area (Å²) in [6.45, 7) is 1.67. The number of hydrogen-bond acceptors (Lipinski definition) is 7. The molecule has 10 nitrogen and oxygen atoms in total. The second-order valence-electron chi connectivity index (χ2n) is 8.70. The molecule has 0 aromatic heterocycles. The van der Waals surface area contributed by atoms with Crippen molar-refractivity contribution >= 4 is 39.5 Å². The van der Waals surface area contributed by atoms with Crippen molar-refractivity contribution in [2.75, 3.05) is 7.05 Å². The van der Waals surface area contributed by atoms with E-state index in [1.54, 1.807) is 6.92 Å². The number of benzene rings is 1. The van der Waals surface area contributed by atoms with E-state index in [1.165, 1.54) is 13.1 Å². The SMILES string of the molecule is CNC(=O)C(=O)N[C@@H](C)CC1(C#N)CCC2(CC1)OC(=O)NN=C2c1cc(OC(F)(F)F)ccc1Br. The smallest absolute Gasteiger partial charge is 0.435 e. The number of halogens is 4. The normalized spacial score (nSPS) is 24.5. The summed E-state index contributed by atoms with van der Waals surface area (Å²) in [5.41, 5.74) is 0.416. The van der Waals surface area contributed by atoms with Crippen LogP contribution in [0.2, 0.25) is 0 Å². The summed E-state index contributed by atoms with van der Waals surface area (Å²) < 4.78 is 48.3. The van der Waals surface area contributed by atoms with Crippen LogP contribution in [0, 0.1) is 16.7 Å². The molecule has 0 unspecified atom stereocenters. The van der Waals surface area contributed by atoms with Crippen molar-refractivity contribution in [3.8, 4) is 11.8 Å². The van der Waals surface area contributed by atoms with Gasteiger partial charge in [-0.3, -0.25) is 9.59 Å². The van der Waals surface area contributed by atoms with Crippen LogP contribution in [0.4, 0.5) is 18.0 Å². The summed E-state index contributed by atoms with van der Waals surface area (Å²) in [5.74, 6) is -2.10. The number of rotatable bonds is 5. The summed E-state index contributed by atoms with van der Waals surface area (Å²) in [6, 6.07) is 5.43. The number of amides is 3. The molecule has 0 saturated heterocycles. The standard InChI is InChI=1S/C22H23BrF3N5O5/c1-12(29-18(33)17(32)28-2)10-20(11-27)5-7-21(8-6-20)16(30-31-19(34)36-21)14-9-13(3-4-15(14)23)35-22(24,25)26/h3-4,9,12H,5-8,10H2,1-2H3,(H,28,32)(H,29,33)(H,31,34)/t12-,20?,21?/m0/s1. The molecule has 1 aromatic carbocycles. The first-order valence-electron chi connectivity index (χ1n) is 10.9. The maximum Gasteiger partial charge on any atom is 0.573 e. The molecule has 1 aliphatic carbocycles. The fourth-order valence-corrected chi connectivity index (χ4v) is 4.95. The average Bonchev–Trinajstić information content (AvgIpc) is 2.81. The van der Waals surface area contributed by atoms with Crippen molar-refractivity contribution < 1.29 is 37.0 Å². The highest BCUT2D eigenvalue weighted by Gasteiger charge is 2.51. The number of ether oxygens (including phenoxy) is 2. The van der Waals surface area contributed by atoms with E-state index in [0.29, 0.717) is 4.47 Å². The van der Waals surface area contributed by atoms with E-state index in [2.05, 4.69) is 47.9 Å². The van der Waals surface area contributed by atoms with Gasteiger partial charge in [0.1, 0.15) is 11.5 Å². The maximum atomic E-state index is 12.8. The molecular formula is C22H23BrF3N5O5. The molecule has 1 fully saturated rings. The molecule has 1 aliphatic heterocycles. The minimum absolute atomic E-state index is 0.153. The largest absolute Gasteiger partial charge is 0.573 e. The van der Waals surface area contributed by atoms with Gasteiger partial charge in [-0.25, -0.2) is 10.2 Å². The van der Waals surface area contributed by atoms with E-state index >= 15 is 0 Å². The van der Waals surface area contributed by atoms with E-state index in [0.717, 1.165) is 12.1 Å². The van der Waals surface area contributed by atoms with Crippen LogP contribution in [0.5, 0.6) is 5.75 Å². The molecule has 3 amide bonds. The Bertz CT molecular complexity index is 1130. The summed E-state index contributed by atoms with van der Waals surface area (Å²) >= 11 is 3.31.